The number of nitrogens with two attached hydrogens (primary N) is 1. The molecule has 0 aliphatic heterocycles. The summed E-state index contributed by atoms with van der Waals surface area (Å²) in [6.07, 6.45) is 4.51. The SMILES string of the molecule is CCN(CC)c1ccc(NC(=O)C2(C)CCCC2N)cn1. The van der Waals surface area contributed by atoms with E-state index in [1.54, 1.807) is 6.20 Å². The highest BCUT2D eigenvalue weighted by Gasteiger charge is 2.42. The number of hydrogen-bond donors (Lipinski definition) is 2. The molecule has 1 aliphatic carbocycles. The van der Waals surface area contributed by atoms with Crippen LogP contribution in [0.25, 0.3) is 0 Å². The van der Waals surface area contributed by atoms with E-state index in [1.807, 2.05) is 19.1 Å². The van der Waals surface area contributed by atoms with Crippen molar-refractivity contribution in [3.05, 3.63) is 18.3 Å². The van der Waals surface area contributed by atoms with E-state index >= 15 is 0 Å². The number of carbonyl (C=O) groups is 1. The molecule has 0 radical (unpaired) electrons. The fraction of sp³-hybridized carbons (Fsp3) is 0.625. The predicted octanol–water partition coefficient (Wildman–Crippen LogP) is 2.38. The van der Waals surface area contributed by atoms with Crippen LogP contribution in [-0.2, 0) is 4.79 Å². The highest BCUT2D eigenvalue weighted by atomic mass is 16.2. The Morgan fingerprint density at radius 3 is 2.67 bits per heavy atom. The van der Waals surface area contributed by atoms with Gasteiger partial charge in [-0.15, -0.1) is 0 Å². The maximum atomic E-state index is 12.4. The molecule has 3 N–H and O–H groups in total. The van der Waals surface area contributed by atoms with Crippen molar-refractivity contribution in [1.29, 1.82) is 0 Å². The first-order valence-electron chi connectivity index (χ1n) is 7.79. The molecule has 2 unspecified atom stereocenters. The Morgan fingerprint density at radius 1 is 1.48 bits per heavy atom. The van der Waals surface area contributed by atoms with E-state index in [-0.39, 0.29) is 11.9 Å². The van der Waals surface area contributed by atoms with Gasteiger partial charge >= 0.3 is 0 Å². The van der Waals surface area contributed by atoms with Gasteiger partial charge in [0.15, 0.2) is 0 Å². The fourth-order valence-corrected chi connectivity index (χ4v) is 2.94. The van der Waals surface area contributed by atoms with Crippen LogP contribution in [0, 0.1) is 5.41 Å². The van der Waals surface area contributed by atoms with Gasteiger partial charge in [-0.2, -0.15) is 0 Å². The van der Waals surface area contributed by atoms with Crippen molar-refractivity contribution in [2.75, 3.05) is 23.3 Å². The predicted molar refractivity (Wildman–Crippen MR) is 86.4 cm³/mol. The molecule has 116 valence electrons. The number of pyridine rings is 1. The topological polar surface area (TPSA) is 71.2 Å². The van der Waals surface area contributed by atoms with Gasteiger partial charge in [-0.3, -0.25) is 4.79 Å². The average Bonchev–Trinajstić information content (AvgIpc) is 2.83. The largest absolute Gasteiger partial charge is 0.357 e. The highest BCUT2D eigenvalue weighted by Crippen LogP contribution is 2.37. The molecule has 1 fully saturated rings. The van der Waals surface area contributed by atoms with Crippen molar-refractivity contribution < 1.29 is 4.79 Å². The molecule has 2 atom stereocenters. The first kappa shape index (κ1) is 15.8. The second-order valence-corrected chi connectivity index (χ2v) is 5.95. The molecule has 1 amide bonds. The van der Waals surface area contributed by atoms with Gasteiger partial charge in [-0.25, -0.2) is 4.98 Å². The number of anilines is 2. The summed E-state index contributed by atoms with van der Waals surface area (Å²) in [5.41, 5.74) is 6.36. The molecule has 0 saturated heterocycles. The minimum Gasteiger partial charge on any atom is -0.357 e. The molecule has 2 rings (SSSR count). The molecule has 5 nitrogen and oxygen atoms in total. The third-order valence-electron chi connectivity index (χ3n) is 4.64. The van der Waals surface area contributed by atoms with Gasteiger partial charge in [0, 0.05) is 19.1 Å². The van der Waals surface area contributed by atoms with Crippen LogP contribution in [0.1, 0.15) is 40.0 Å². The maximum Gasteiger partial charge on any atom is 0.231 e. The zero-order valence-electron chi connectivity index (χ0n) is 13.2. The monoisotopic (exact) mass is 290 g/mol. The van der Waals surface area contributed by atoms with E-state index in [9.17, 15) is 4.79 Å². The number of nitrogens with zero attached hydrogens (tertiary/aromatic N) is 2. The van der Waals surface area contributed by atoms with Crippen molar-refractivity contribution in [1.82, 2.24) is 4.98 Å². The molecule has 1 aliphatic rings. The molecule has 0 spiro atoms. The zero-order chi connectivity index (χ0) is 15.5. The quantitative estimate of drug-likeness (QED) is 0.873. The van der Waals surface area contributed by atoms with E-state index in [4.69, 9.17) is 5.73 Å². The number of carbonyl (C=O) groups excluding carboxylic acids is 1. The summed E-state index contributed by atoms with van der Waals surface area (Å²) in [5.74, 6) is 0.937. The lowest BCUT2D eigenvalue weighted by atomic mass is 9.84. The lowest BCUT2D eigenvalue weighted by Gasteiger charge is -2.27. The molecule has 5 heteroatoms. The van der Waals surface area contributed by atoms with Crippen molar-refractivity contribution in [2.24, 2.45) is 11.1 Å². The molecule has 1 saturated carbocycles. The summed E-state index contributed by atoms with van der Waals surface area (Å²) in [6, 6.07) is 3.79. The van der Waals surface area contributed by atoms with Crippen LogP contribution >= 0.6 is 0 Å². The summed E-state index contributed by atoms with van der Waals surface area (Å²) < 4.78 is 0. The lowest BCUT2D eigenvalue weighted by Crippen LogP contribution is -2.44. The standard InChI is InChI=1S/C16H26N4O/c1-4-20(5-2)14-9-8-12(11-18-14)19-15(21)16(3)10-6-7-13(16)17/h8-9,11,13H,4-7,10,17H2,1-3H3,(H,19,21). The van der Waals surface area contributed by atoms with Crippen LogP contribution < -0.4 is 16.0 Å². The summed E-state index contributed by atoms with van der Waals surface area (Å²) in [6.45, 7) is 7.99. The fourth-order valence-electron chi connectivity index (χ4n) is 2.94. The van der Waals surface area contributed by atoms with Crippen LogP contribution in [-0.4, -0.2) is 30.0 Å². The Bertz CT molecular complexity index is 484. The lowest BCUT2D eigenvalue weighted by molar-refractivity contribution is -0.125. The van der Waals surface area contributed by atoms with Gasteiger partial charge < -0.3 is 16.0 Å². The molecule has 1 aromatic rings. The third kappa shape index (κ3) is 3.18. The van der Waals surface area contributed by atoms with Crippen LogP contribution in [0.5, 0.6) is 0 Å². The first-order valence-corrected chi connectivity index (χ1v) is 7.79. The van der Waals surface area contributed by atoms with Gasteiger partial charge in [0.1, 0.15) is 5.82 Å². The van der Waals surface area contributed by atoms with E-state index in [0.29, 0.717) is 0 Å². The van der Waals surface area contributed by atoms with Crippen molar-refractivity contribution in [3.8, 4) is 0 Å². The minimum absolute atomic E-state index is 0.00453. The summed E-state index contributed by atoms with van der Waals surface area (Å²) in [4.78, 5) is 19.0. The molecule has 21 heavy (non-hydrogen) atoms. The van der Waals surface area contributed by atoms with Crippen LogP contribution in [0.15, 0.2) is 18.3 Å². The summed E-state index contributed by atoms with van der Waals surface area (Å²) >= 11 is 0. The Hall–Kier alpha value is -1.62. The van der Waals surface area contributed by atoms with Crippen molar-refractivity contribution in [2.45, 2.75) is 46.1 Å². The van der Waals surface area contributed by atoms with E-state index in [2.05, 4.69) is 29.0 Å². The summed E-state index contributed by atoms with van der Waals surface area (Å²) in [7, 11) is 0. The molecular weight excluding hydrogens is 264 g/mol. The van der Waals surface area contributed by atoms with Crippen LogP contribution in [0.2, 0.25) is 0 Å². The number of hydrogen-bond acceptors (Lipinski definition) is 4. The van der Waals surface area contributed by atoms with E-state index in [0.717, 1.165) is 43.9 Å². The van der Waals surface area contributed by atoms with E-state index < -0.39 is 5.41 Å². The van der Waals surface area contributed by atoms with E-state index in [1.165, 1.54) is 0 Å². The molecule has 0 bridgehead atoms. The molecule has 1 aromatic heterocycles. The average molecular weight is 290 g/mol. The zero-order valence-corrected chi connectivity index (χ0v) is 13.2. The molecule has 0 aromatic carbocycles. The number of nitrogens with one attached hydrogen (secondary N) is 1. The number of aromatic nitrogens is 1. The number of amides is 1. The first-order chi connectivity index (χ1) is 10.0. The van der Waals surface area contributed by atoms with Gasteiger partial charge in [0.05, 0.1) is 17.3 Å². The second-order valence-electron chi connectivity index (χ2n) is 5.95. The summed E-state index contributed by atoms with van der Waals surface area (Å²) in [5, 5.41) is 2.96. The molecular formula is C16H26N4O. The Kier molecular flexibility index (Phi) is 4.83. The highest BCUT2D eigenvalue weighted by molar-refractivity contribution is 5.95. The smallest absolute Gasteiger partial charge is 0.231 e. The van der Waals surface area contributed by atoms with Crippen molar-refractivity contribution in [3.63, 3.8) is 0 Å². The van der Waals surface area contributed by atoms with Gasteiger partial charge in [-0.1, -0.05) is 6.42 Å². The maximum absolute atomic E-state index is 12.4. The van der Waals surface area contributed by atoms with Crippen LogP contribution in [0.4, 0.5) is 11.5 Å². The van der Waals surface area contributed by atoms with Crippen molar-refractivity contribution >= 4 is 17.4 Å². The Morgan fingerprint density at radius 2 is 2.19 bits per heavy atom. The van der Waals surface area contributed by atoms with Gasteiger partial charge in [-0.05, 0) is 45.7 Å². The molecule has 1 heterocycles. The minimum atomic E-state index is -0.461. The van der Waals surface area contributed by atoms with Crippen LogP contribution in [0.3, 0.4) is 0 Å². The third-order valence-corrected chi connectivity index (χ3v) is 4.64. The Labute approximate surface area is 126 Å². The van der Waals surface area contributed by atoms with Gasteiger partial charge in [0.2, 0.25) is 5.91 Å². The van der Waals surface area contributed by atoms with Gasteiger partial charge in [0.25, 0.3) is 0 Å². The number of rotatable bonds is 5. The second kappa shape index (κ2) is 6.43. The normalized spacial score (nSPS) is 24.9. The Balaban J connectivity index is 2.05.